The standard InChI is InChI=1S/C20H20N4O2S/c1-26-19-9-5-4-8-17(19)24-20(21-22-23-24)27-13-18(25)16-11-10-14-6-2-3-7-15(14)12-16/h4-5,8-12H,2-3,6-7,13H2,1H3. The van der Waals surface area contributed by atoms with Crippen LogP contribution in [-0.2, 0) is 12.8 Å². The second-order valence-corrected chi connectivity index (χ2v) is 7.39. The van der Waals surface area contributed by atoms with Crippen molar-refractivity contribution < 1.29 is 9.53 Å². The normalized spacial score (nSPS) is 13.2. The van der Waals surface area contributed by atoms with Gasteiger partial charge in [0.05, 0.1) is 12.9 Å². The van der Waals surface area contributed by atoms with E-state index < -0.39 is 0 Å². The Hall–Kier alpha value is -2.67. The third kappa shape index (κ3) is 3.73. The third-order valence-corrected chi connectivity index (χ3v) is 5.68. The summed E-state index contributed by atoms with van der Waals surface area (Å²) in [6.45, 7) is 0. The number of tetrazole rings is 1. The SMILES string of the molecule is COc1ccccc1-n1nnnc1SCC(=O)c1ccc2c(c1)CCCC2. The van der Waals surface area contributed by atoms with Gasteiger partial charge in [0.25, 0.3) is 0 Å². The van der Waals surface area contributed by atoms with Crippen molar-refractivity contribution in [2.75, 3.05) is 12.9 Å². The van der Waals surface area contributed by atoms with Crippen molar-refractivity contribution in [3.8, 4) is 11.4 Å². The average molecular weight is 380 g/mol. The van der Waals surface area contributed by atoms with Crippen LogP contribution >= 0.6 is 11.8 Å². The molecule has 0 amide bonds. The van der Waals surface area contributed by atoms with E-state index in [2.05, 4.69) is 27.7 Å². The summed E-state index contributed by atoms with van der Waals surface area (Å²) in [4.78, 5) is 12.7. The Bertz CT molecular complexity index is 970. The molecular weight excluding hydrogens is 360 g/mol. The zero-order chi connectivity index (χ0) is 18.6. The van der Waals surface area contributed by atoms with E-state index in [1.165, 1.54) is 35.7 Å². The smallest absolute Gasteiger partial charge is 0.214 e. The fraction of sp³-hybridized carbons (Fsp3) is 0.300. The summed E-state index contributed by atoms with van der Waals surface area (Å²) in [5.41, 5.74) is 4.20. The van der Waals surface area contributed by atoms with Gasteiger partial charge >= 0.3 is 0 Å². The van der Waals surface area contributed by atoms with Crippen LogP contribution in [0.1, 0.15) is 34.3 Å². The number of para-hydroxylation sites is 2. The van der Waals surface area contributed by atoms with Gasteiger partial charge in [0.15, 0.2) is 5.78 Å². The Kier molecular flexibility index (Phi) is 5.20. The zero-order valence-corrected chi connectivity index (χ0v) is 15.9. The van der Waals surface area contributed by atoms with Crippen molar-refractivity contribution in [3.63, 3.8) is 0 Å². The monoisotopic (exact) mass is 380 g/mol. The number of Topliss-reactive ketones (excluding diaryl/α,β-unsaturated/α-hetero) is 1. The summed E-state index contributed by atoms with van der Waals surface area (Å²) in [6.07, 6.45) is 4.62. The van der Waals surface area contributed by atoms with E-state index in [0.29, 0.717) is 10.9 Å². The van der Waals surface area contributed by atoms with Gasteiger partial charge in [-0.05, 0) is 65.4 Å². The first-order valence-electron chi connectivity index (χ1n) is 8.96. The maximum absolute atomic E-state index is 12.7. The number of methoxy groups -OCH3 is 1. The van der Waals surface area contributed by atoms with Gasteiger partial charge in [0.1, 0.15) is 11.4 Å². The van der Waals surface area contributed by atoms with Crippen molar-refractivity contribution in [1.29, 1.82) is 0 Å². The van der Waals surface area contributed by atoms with E-state index in [-0.39, 0.29) is 11.5 Å². The lowest BCUT2D eigenvalue weighted by Gasteiger charge is -2.16. The van der Waals surface area contributed by atoms with Gasteiger partial charge in [-0.3, -0.25) is 4.79 Å². The average Bonchev–Trinajstić information content (AvgIpc) is 3.20. The summed E-state index contributed by atoms with van der Waals surface area (Å²) in [5.74, 6) is 1.05. The van der Waals surface area contributed by atoms with Gasteiger partial charge in [-0.25, -0.2) is 0 Å². The van der Waals surface area contributed by atoms with Crippen LogP contribution in [0.2, 0.25) is 0 Å². The molecule has 0 radical (unpaired) electrons. The first-order valence-corrected chi connectivity index (χ1v) is 9.94. The topological polar surface area (TPSA) is 69.9 Å². The van der Waals surface area contributed by atoms with Gasteiger partial charge in [0.2, 0.25) is 5.16 Å². The molecule has 0 spiro atoms. The Morgan fingerprint density at radius 1 is 1.15 bits per heavy atom. The number of aryl methyl sites for hydroxylation is 2. The number of hydrogen-bond acceptors (Lipinski definition) is 6. The van der Waals surface area contributed by atoms with Crippen LogP contribution in [0.3, 0.4) is 0 Å². The Morgan fingerprint density at radius 3 is 2.81 bits per heavy atom. The Morgan fingerprint density at radius 2 is 1.96 bits per heavy atom. The summed E-state index contributed by atoms with van der Waals surface area (Å²) < 4.78 is 6.98. The highest BCUT2D eigenvalue weighted by Gasteiger charge is 2.17. The molecule has 0 aliphatic heterocycles. The number of rotatable bonds is 6. The number of ether oxygens (including phenoxy) is 1. The quantitative estimate of drug-likeness (QED) is 0.481. The minimum atomic E-state index is 0.0861. The predicted molar refractivity (Wildman–Crippen MR) is 104 cm³/mol. The van der Waals surface area contributed by atoms with Crippen molar-refractivity contribution in [2.45, 2.75) is 30.8 Å². The molecule has 7 heteroatoms. The summed E-state index contributed by atoms with van der Waals surface area (Å²) in [7, 11) is 1.61. The van der Waals surface area contributed by atoms with Crippen LogP contribution in [0.25, 0.3) is 5.69 Å². The fourth-order valence-corrected chi connectivity index (χ4v) is 4.12. The number of aromatic nitrogens is 4. The number of carbonyl (C=O) groups is 1. The summed E-state index contributed by atoms with van der Waals surface area (Å²) in [6, 6.07) is 13.6. The number of ketones is 1. The molecule has 0 atom stereocenters. The molecule has 0 unspecified atom stereocenters. The molecule has 3 aromatic rings. The molecule has 0 bridgehead atoms. The Labute approximate surface area is 161 Å². The van der Waals surface area contributed by atoms with Crippen molar-refractivity contribution in [2.24, 2.45) is 0 Å². The van der Waals surface area contributed by atoms with Crippen molar-refractivity contribution in [1.82, 2.24) is 20.2 Å². The number of nitrogens with zero attached hydrogens (tertiary/aromatic N) is 4. The maximum Gasteiger partial charge on any atom is 0.214 e. The molecule has 6 nitrogen and oxygen atoms in total. The lowest BCUT2D eigenvalue weighted by atomic mass is 9.90. The number of fused-ring (bicyclic) bond motifs is 1. The minimum absolute atomic E-state index is 0.0861. The largest absolute Gasteiger partial charge is 0.494 e. The van der Waals surface area contributed by atoms with Crippen LogP contribution in [0.15, 0.2) is 47.6 Å². The molecule has 2 aromatic carbocycles. The van der Waals surface area contributed by atoms with E-state index in [4.69, 9.17) is 4.74 Å². The second-order valence-electron chi connectivity index (χ2n) is 6.45. The lowest BCUT2D eigenvalue weighted by Crippen LogP contribution is -2.08. The summed E-state index contributed by atoms with van der Waals surface area (Å²) in [5, 5.41) is 12.4. The van der Waals surface area contributed by atoms with E-state index >= 15 is 0 Å². The van der Waals surface area contributed by atoms with E-state index in [1.54, 1.807) is 11.8 Å². The van der Waals surface area contributed by atoms with Crippen LogP contribution in [0.4, 0.5) is 0 Å². The lowest BCUT2D eigenvalue weighted by molar-refractivity contribution is 0.102. The molecule has 1 aliphatic carbocycles. The van der Waals surface area contributed by atoms with Crippen LogP contribution in [-0.4, -0.2) is 38.9 Å². The van der Waals surface area contributed by atoms with Gasteiger partial charge in [-0.1, -0.05) is 36.0 Å². The highest BCUT2D eigenvalue weighted by molar-refractivity contribution is 7.99. The molecule has 0 N–H and O–H groups in total. The highest BCUT2D eigenvalue weighted by atomic mass is 32.2. The molecule has 1 aromatic heterocycles. The van der Waals surface area contributed by atoms with Crippen molar-refractivity contribution >= 4 is 17.5 Å². The van der Waals surface area contributed by atoms with E-state index in [1.807, 2.05) is 30.3 Å². The number of benzene rings is 2. The van der Waals surface area contributed by atoms with Gasteiger partial charge in [-0.2, -0.15) is 4.68 Å². The van der Waals surface area contributed by atoms with E-state index in [9.17, 15) is 4.79 Å². The van der Waals surface area contributed by atoms with Gasteiger partial charge in [-0.15, -0.1) is 5.10 Å². The van der Waals surface area contributed by atoms with Gasteiger partial charge in [0, 0.05) is 5.56 Å². The molecule has 4 rings (SSSR count). The Balaban J connectivity index is 1.50. The number of carbonyl (C=O) groups excluding carboxylic acids is 1. The second kappa shape index (κ2) is 7.92. The molecule has 1 aliphatic rings. The molecule has 0 saturated carbocycles. The molecule has 0 saturated heterocycles. The van der Waals surface area contributed by atoms with Crippen LogP contribution in [0, 0.1) is 0 Å². The molecule has 0 fully saturated rings. The molecular formula is C20H20N4O2S. The third-order valence-electron chi connectivity index (χ3n) is 4.76. The van der Waals surface area contributed by atoms with Gasteiger partial charge < -0.3 is 4.74 Å². The molecule has 27 heavy (non-hydrogen) atoms. The minimum Gasteiger partial charge on any atom is -0.494 e. The zero-order valence-electron chi connectivity index (χ0n) is 15.1. The number of hydrogen-bond donors (Lipinski definition) is 0. The first kappa shape index (κ1) is 17.7. The number of thioether (sulfide) groups is 1. The van der Waals surface area contributed by atoms with Crippen molar-refractivity contribution in [3.05, 3.63) is 59.2 Å². The highest BCUT2D eigenvalue weighted by Crippen LogP contribution is 2.27. The van der Waals surface area contributed by atoms with Crippen LogP contribution in [0.5, 0.6) is 5.75 Å². The molecule has 138 valence electrons. The predicted octanol–water partition coefficient (Wildman–Crippen LogP) is 3.52. The van der Waals surface area contributed by atoms with Crippen LogP contribution < -0.4 is 4.74 Å². The fourth-order valence-electron chi connectivity index (χ4n) is 3.35. The maximum atomic E-state index is 12.7. The first-order chi connectivity index (χ1) is 13.3. The van der Waals surface area contributed by atoms with E-state index in [0.717, 1.165) is 24.1 Å². The summed E-state index contributed by atoms with van der Waals surface area (Å²) >= 11 is 1.33. The molecule has 1 heterocycles.